The fraction of sp³-hybridized carbons (Fsp3) is 0.417. The fourth-order valence-electron chi connectivity index (χ4n) is 3.63. The fourth-order valence-corrected chi connectivity index (χ4v) is 4.24. The topological polar surface area (TPSA) is 54.0 Å². The highest BCUT2D eigenvalue weighted by Gasteiger charge is 2.17. The molecule has 0 radical (unpaired) electrons. The number of thioether (sulfide) groups is 1. The summed E-state index contributed by atoms with van der Waals surface area (Å²) in [5, 5.41) is 8.92. The zero-order valence-electron chi connectivity index (χ0n) is 17.8. The summed E-state index contributed by atoms with van der Waals surface area (Å²) in [5.74, 6) is 1.66. The van der Waals surface area contributed by atoms with Crippen LogP contribution in [0.4, 0.5) is 0 Å². The number of nitrogens with zero attached hydrogens (tertiary/aromatic N) is 3. The Balaban J connectivity index is 1.62. The first kappa shape index (κ1) is 21.6. The number of rotatable bonds is 6. The van der Waals surface area contributed by atoms with E-state index in [2.05, 4.69) is 60.1 Å². The Labute approximate surface area is 179 Å². The lowest BCUT2D eigenvalue weighted by molar-refractivity contribution is 0.185. The van der Waals surface area contributed by atoms with Gasteiger partial charge in [0.2, 0.25) is 0 Å². The first-order valence-corrected chi connectivity index (χ1v) is 11.4. The average Bonchev–Trinajstić information content (AvgIpc) is 2.72. The van der Waals surface area contributed by atoms with Gasteiger partial charge in [0, 0.05) is 12.3 Å². The average molecular weight is 409 g/mol. The summed E-state index contributed by atoms with van der Waals surface area (Å²) >= 11 is 1.51. The summed E-state index contributed by atoms with van der Waals surface area (Å²) in [6.07, 6.45) is 4.43. The number of benzene rings is 2. The van der Waals surface area contributed by atoms with E-state index in [4.69, 9.17) is 5.73 Å². The minimum atomic E-state index is 0.484. The molecule has 1 aliphatic heterocycles. The van der Waals surface area contributed by atoms with Crippen molar-refractivity contribution in [3.8, 4) is 0 Å². The SMILES string of the molecule is Cc1cc(C=NN=C(N)SCc2ccccc2)c(C)c(CN2CCC(C)CC2)c1. The van der Waals surface area contributed by atoms with Crippen LogP contribution in [0.3, 0.4) is 0 Å². The van der Waals surface area contributed by atoms with Gasteiger partial charge in [-0.1, -0.05) is 66.7 Å². The van der Waals surface area contributed by atoms with Crippen molar-refractivity contribution in [3.05, 3.63) is 70.3 Å². The molecule has 0 atom stereocenters. The largest absolute Gasteiger partial charge is 0.377 e. The summed E-state index contributed by atoms with van der Waals surface area (Å²) in [6.45, 7) is 10.1. The summed E-state index contributed by atoms with van der Waals surface area (Å²) < 4.78 is 0. The molecule has 0 saturated carbocycles. The van der Waals surface area contributed by atoms with Crippen LogP contribution in [0.2, 0.25) is 0 Å². The summed E-state index contributed by atoms with van der Waals surface area (Å²) in [5.41, 5.74) is 12.3. The van der Waals surface area contributed by atoms with Gasteiger partial charge in [-0.05, 0) is 68.0 Å². The molecule has 2 N–H and O–H groups in total. The maximum atomic E-state index is 6.01. The van der Waals surface area contributed by atoms with Crippen molar-refractivity contribution in [1.82, 2.24) is 4.90 Å². The summed E-state index contributed by atoms with van der Waals surface area (Å²) in [6, 6.07) is 14.7. The number of hydrogen-bond donors (Lipinski definition) is 1. The van der Waals surface area contributed by atoms with E-state index in [0.29, 0.717) is 5.17 Å². The molecule has 1 aliphatic rings. The molecule has 1 fully saturated rings. The number of aryl methyl sites for hydroxylation is 1. The third-order valence-corrected chi connectivity index (χ3v) is 6.41. The normalized spacial score (nSPS) is 16.6. The van der Waals surface area contributed by atoms with Crippen LogP contribution in [0.25, 0.3) is 0 Å². The summed E-state index contributed by atoms with van der Waals surface area (Å²) in [4.78, 5) is 2.57. The third kappa shape index (κ3) is 6.72. The maximum absolute atomic E-state index is 6.01. The van der Waals surface area contributed by atoms with Crippen LogP contribution in [0, 0.1) is 19.8 Å². The van der Waals surface area contributed by atoms with Gasteiger partial charge in [0.25, 0.3) is 0 Å². The second-order valence-corrected chi connectivity index (χ2v) is 9.05. The van der Waals surface area contributed by atoms with E-state index in [-0.39, 0.29) is 0 Å². The third-order valence-electron chi connectivity index (χ3n) is 5.55. The molecule has 1 heterocycles. The molecule has 154 valence electrons. The zero-order chi connectivity index (χ0) is 20.6. The Morgan fingerprint density at radius 1 is 1.17 bits per heavy atom. The van der Waals surface area contributed by atoms with E-state index in [1.54, 1.807) is 0 Å². The molecule has 2 aromatic rings. The highest BCUT2D eigenvalue weighted by Crippen LogP contribution is 2.22. The van der Waals surface area contributed by atoms with Crippen LogP contribution < -0.4 is 5.73 Å². The van der Waals surface area contributed by atoms with Crippen molar-refractivity contribution in [2.75, 3.05) is 13.1 Å². The highest BCUT2D eigenvalue weighted by molar-refractivity contribution is 8.13. The Hall–Kier alpha value is -2.11. The van der Waals surface area contributed by atoms with Gasteiger partial charge >= 0.3 is 0 Å². The first-order valence-electron chi connectivity index (χ1n) is 10.4. The molecular weight excluding hydrogens is 376 g/mol. The number of amidine groups is 1. The van der Waals surface area contributed by atoms with Crippen LogP contribution in [-0.4, -0.2) is 29.4 Å². The predicted octanol–water partition coefficient (Wildman–Crippen LogP) is 5.12. The molecule has 2 aromatic carbocycles. The summed E-state index contributed by atoms with van der Waals surface area (Å²) in [7, 11) is 0. The monoisotopic (exact) mass is 408 g/mol. The lowest BCUT2D eigenvalue weighted by atomic mass is 9.96. The molecular formula is C24H32N4S. The first-order chi connectivity index (χ1) is 14.0. The van der Waals surface area contributed by atoms with Crippen molar-refractivity contribution in [2.24, 2.45) is 21.9 Å². The lowest BCUT2D eigenvalue weighted by Crippen LogP contribution is -2.32. The number of nitrogens with two attached hydrogens (primary N) is 1. The van der Waals surface area contributed by atoms with Gasteiger partial charge in [0.05, 0.1) is 6.21 Å². The molecule has 4 nitrogen and oxygen atoms in total. The van der Waals surface area contributed by atoms with Crippen LogP contribution in [0.15, 0.2) is 52.7 Å². The van der Waals surface area contributed by atoms with E-state index in [1.165, 1.54) is 59.9 Å². The van der Waals surface area contributed by atoms with Gasteiger partial charge in [-0.15, -0.1) is 5.10 Å². The van der Waals surface area contributed by atoms with E-state index in [0.717, 1.165) is 23.8 Å². The van der Waals surface area contributed by atoms with Gasteiger partial charge in [-0.2, -0.15) is 5.10 Å². The van der Waals surface area contributed by atoms with Crippen LogP contribution in [0.5, 0.6) is 0 Å². The number of piperidine rings is 1. The van der Waals surface area contributed by atoms with Gasteiger partial charge < -0.3 is 5.73 Å². The molecule has 0 spiro atoms. The Morgan fingerprint density at radius 2 is 1.90 bits per heavy atom. The zero-order valence-corrected chi connectivity index (χ0v) is 18.6. The minimum Gasteiger partial charge on any atom is -0.377 e. The van der Waals surface area contributed by atoms with Crippen LogP contribution in [0.1, 0.15) is 47.6 Å². The molecule has 0 unspecified atom stereocenters. The number of likely N-dealkylation sites (tertiary alicyclic amines) is 1. The van der Waals surface area contributed by atoms with Crippen LogP contribution >= 0.6 is 11.8 Å². The van der Waals surface area contributed by atoms with Gasteiger partial charge in [-0.3, -0.25) is 4.90 Å². The van der Waals surface area contributed by atoms with Gasteiger partial charge in [0.15, 0.2) is 5.17 Å². The molecule has 1 saturated heterocycles. The molecule has 0 amide bonds. The second kappa shape index (κ2) is 10.6. The predicted molar refractivity (Wildman–Crippen MR) is 127 cm³/mol. The molecule has 5 heteroatoms. The Morgan fingerprint density at radius 3 is 2.62 bits per heavy atom. The number of hydrogen-bond acceptors (Lipinski definition) is 4. The van der Waals surface area contributed by atoms with Crippen molar-refractivity contribution in [3.63, 3.8) is 0 Å². The van der Waals surface area contributed by atoms with Crippen molar-refractivity contribution < 1.29 is 0 Å². The van der Waals surface area contributed by atoms with E-state index in [1.807, 2.05) is 24.4 Å². The van der Waals surface area contributed by atoms with Crippen LogP contribution in [-0.2, 0) is 12.3 Å². The smallest absolute Gasteiger partial charge is 0.180 e. The standard InChI is InChI=1S/C24H32N4S/c1-18-9-11-28(12-10-18)16-23-14-19(2)13-22(20(23)3)15-26-27-24(25)29-17-21-7-5-4-6-8-21/h4-8,13-15,18H,9-12,16-17H2,1-3H3,(H2,25,27). The lowest BCUT2D eigenvalue weighted by Gasteiger charge is -2.30. The molecule has 0 bridgehead atoms. The minimum absolute atomic E-state index is 0.484. The van der Waals surface area contributed by atoms with E-state index >= 15 is 0 Å². The molecule has 0 aromatic heterocycles. The van der Waals surface area contributed by atoms with Gasteiger partial charge in [-0.25, -0.2) is 0 Å². The molecule has 29 heavy (non-hydrogen) atoms. The Bertz CT molecular complexity index is 853. The van der Waals surface area contributed by atoms with Gasteiger partial charge in [0.1, 0.15) is 0 Å². The maximum Gasteiger partial charge on any atom is 0.180 e. The highest BCUT2D eigenvalue weighted by atomic mass is 32.2. The molecule has 3 rings (SSSR count). The molecule has 0 aliphatic carbocycles. The van der Waals surface area contributed by atoms with E-state index in [9.17, 15) is 0 Å². The quantitative estimate of drug-likeness (QED) is 0.410. The van der Waals surface area contributed by atoms with Crippen molar-refractivity contribution in [1.29, 1.82) is 0 Å². The Kier molecular flexibility index (Phi) is 7.90. The van der Waals surface area contributed by atoms with E-state index < -0.39 is 0 Å². The van der Waals surface area contributed by atoms with Crippen molar-refractivity contribution >= 4 is 23.1 Å². The second-order valence-electron chi connectivity index (χ2n) is 8.05. The van der Waals surface area contributed by atoms with Crippen molar-refractivity contribution in [2.45, 2.75) is 45.9 Å².